The molecule has 3 nitrogen and oxygen atoms in total. The van der Waals surface area contributed by atoms with Gasteiger partial charge in [-0.05, 0) is 30.2 Å². The highest BCUT2D eigenvalue weighted by Gasteiger charge is 2.30. The lowest BCUT2D eigenvalue weighted by atomic mass is 10.1. The Balaban J connectivity index is 2.64. The molecule has 0 aliphatic heterocycles. The van der Waals surface area contributed by atoms with Crippen molar-refractivity contribution in [2.45, 2.75) is 26.1 Å². The van der Waals surface area contributed by atoms with Crippen LogP contribution in [0.25, 0.3) is 0 Å². The van der Waals surface area contributed by atoms with Gasteiger partial charge < -0.3 is 11.1 Å². The molecule has 0 radical (unpaired) electrons. The van der Waals surface area contributed by atoms with Crippen molar-refractivity contribution in [2.24, 2.45) is 11.7 Å². The summed E-state index contributed by atoms with van der Waals surface area (Å²) in [4.78, 5) is 11.7. The number of carbonyl (C=O) groups is 1. The van der Waals surface area contributed by atoms with Gasteiger partial charge in [0, 0.05) is 18.2 Å². The number of carbonyl (C=O) groups excluding carboxylic acids is 1. The van der Waals surface area contributed by atoms with Crippen LogP contribution < -0.4 is 11.1 Å². The number of nitrogens with one attached hydrogen (secondary N) is 1. The molecule has 0 spiro atoms. The van der Waals surface area contributed by atoms with E-state index < -0.39 is 17.6 Å². The average molecular weight is 274 g/mol. The third-order valence-electron chi connectivity index (χ3n) is 2.83. The molecule has 19 heavy (non-hydrogen) atoms. The van der Waals surface area contributed by atoms with Gasteiger partial charge in [0.25, 0.3) is 5.91 Å². The first-order valence-corrected chi connectivity index (χ1v) is 5.93. The van der Waals surface area contributed by atoms with Crippen molar-refractivity contribution in [2.75, 3.05) is 6.54 Å². The first kappa shape index (κ1) is 15.5. The molecule has 0 aliphatic rings. The molecule has 6 heteroatoms. The third-order valence-corrected chi connectivity index (χ3v) is 2.83. The van der Waals surface area contributed by atoms with Gasteiger partial charge in [-0.3, -0.25) is 4.79 Å². The number of hydrogen-bond donors (Lipinski definition) is 2. The zero-order valence-electron chi connectivity index (χ0n) is 10.8. The second kappa shape index (κ2) is 6.06. The molecular formula is C13H17F3N2O. The van der Waals surface area contributed by atoms with Crippen molar-refractivity contribution in [3.8, 4) is 0 Å². The molecule has 0 saturated carbocycles. The minimum Gasteiger partial charge on any atom is -0.350 e. The Bertz CT molecular complexity index is 427. The molecule has 1 aromatic rings. The van der Waals surface area contributed by atoms with Gasteiger partial charge in [-0.25, -0.2) is 0 Å². The van der Waals surface area contributed by atoms with E-state index in [0.717, 1.165) is 24.3 Å². The maximum atomic E-state index is 12.3. The number of hydrogen-bond acceptors (Lipinski definition) is 2. The molecular weight excluding hydrogens is 257 g/mol. The molecule has 1 amide bonds. The maximum Gasteiger partial charge on any atom is 0.416 e. The first-order valence-electron chi connectivity index (χ1n) is 5.93. The van der Waals surface area contributed by atoms with E-state index >= 15 is 0 Å². The fourth-order valence-electron chi connectivity index (χ4n) is 1.36. The number of halogens is 3. The summed E-state index contributed by atoms with van der Waals surface area (Å²) in [5.74, 6) is -0.210. The molecule has 0 fully saturated rings. The van der Waals surface area contributed by atoms with Crippen molar-refractivity contribution < 1.29 is 18.0 Å². The lowest BCUT2D eigenvalue weighted by molar-refractivity contribution is -0.137. The average Bonchev–Trinajstić information content (AvgIpc) is 2.34. The van der Waals surface area contributed by atoms with E-state index in [-0.39, 0.29) is 24.1 Å². The number of amides is 1. The third kappa shape index (κ3) is 4.55. The van der Waals surface area contributed by atoms with Crippen LogP contribution in [0.15, 0.2) is 24.3 Å². The van der Waals surface area contributed by atoms with E-state index in [4.69, 9.17) is 5.73 Å². The number of alkyl halides is 3. The summed E-state index contributed by atoms with van der Waals surface area (Å²) >= 11 is 0. The molecule has 1 atom stereocenters. The molecule has 0 heterocycles. The first-order chi connectivity index (χ1) is 8.71. The second-order valence-corrected chi connectivity index (χ2v) is 4.69. The second-order valence-electron chi connectivity index (χ2n) is 4.69. The lowest BCUT2D eigenvalue weighted by Crippen LogP contribution is -2.40. The molecule has 1 rings (SSSR count). The van der Waals surface area contributed by atoms with E-state index in [9.17, 15) is 18.0 Å². The monoisotopic (exact) mass is 274 g/mol. The van der Waals surface area contributed by atoms with Gasteiger partial charge in [0.15, 0.2) is 0 Å². The number of benzene rings is 1. The van der Waals surface area contributed by atoms with Gasteiger partial charge >= 0.3 is 6.18 Å². The van der Waals surface area contributed by atoms with Gasteiger partial charge in [-0.15, -0.1) is 0 Å². The van der Waals surface area contributed by atoms with Crippen LogP contribution in [0.3, 0.4) is 0 Å². The molecule has 106 valence electrons. The summed E-state index contributed by atoms with van der Waals surface area (Å²) in [7, 11) is 0. The summed E-state index contributed by atoms with van der Waals surface area (Å²) in [6, 6.07) is 3.89. The Morgan fingerprint density at radius 3 is 2.21 bits per heavy atom. The molecule has 1 aromatic carbocycles. The van der Waals surface area contributed by atoms with Gasteiger partial charge in [-0.2, -0.15) is 13.2 Å². The van der Waals surface area contributed by atoms with Crippen LogP contribution in [-0.4, -0.2) is 18.5 Å². The van der Waals surface area contributed by atoms with Crippen molar-refractivity contribution in [3.63, 3.8) is 0 Å². The van der Waals surface area contributed by atoms with E-state index in [0.29, 0.717) is 0 Å². The van der Waals surface area contributed by atoms with E-state index in [2.05, 4.69) is 5.32 Å². The smallest absolute Gasteiger partial charge is 0.350 e. The van der Waals surface area contributed by atoms with Crippen molar-refractivity contribution in [3.05, 3.63) is 35.4 Å². The Kier molecular flexibility index (Phi) is 4.94. The maximum absolute atomic E-state index is 12.3. The van der Waals surface area contributed by atoms with Crippen molar-refractivity contribution in [1.82, 2.24) is 5.32 Å². The van der Waals surface area contributed by atoms with Crippen LogP contribution in [0.5, 0.6) is 0 Å². The van der Waals surface area contributed by atoms with E-state index in [1.807, 2.05) is 13.8 Å². The van der Waals surface area contributed by atoms with Crippen LogP contribution in [0, 0.1) is 5.92 Å². The molecule has 1 unspecified atom stereocenters. The Morgan fingerprint density at radius 1 is 1.26 bits per heavy atom. The predicted octanol–water partition coefficient (Wildman–Crippen LogP) is 2.42. The molecule has 0 bridgehead atoms. The van der Waals surface area contributed by atoms with Gasteiger partial charge in [0.1, 0.15) is 0 Å². The highest BCUT2D eigenvalue weighted by Crippen LogP contribution is 2.28. The molecule has 0 aromatic heterocycles. The Morgan fingerprint density at radius 2 is 1.79 bits per heavy atom. The summed E-state index contributed by atoms with van der Waals surface area (Å²) in [6.45, 7) is 4.14. The van der Waals surface area contributed by atoms with Crippen LogP contribution in [0.4, 0.5) is 13.2 Å². The molecule has 0 aliphatic carbocycles. The standard InChI is InChI=1S/C13H17F3N2O/c1-8(2)11(17)7-18-12(19)9-3-5-10(6-4-9)13(14,15)16/h3-6,8,11H,7,17H2,1-2H3,(H,18,19). The van der Waals surface area contributed by atoms with Gasteiger partial charge in [0.05, 0.1) is 5.56 Å². The van der Waals surface area contributed by atoms with Gasteiger partial charge in [-0.1, -0.05) is 13.8 Å². The fraction of sp³-hybridized carbons (Fsp3) is 0.462. The normalized spacial score (nSPS) is 13.4. The number of nitrogens with two attached hydrogens (primary N) is 1. The van der Waals surface area contributed by atoms with Gasteiger partial charge in [0.2, 0.25) is 0 Å². The highest BCUT2D eigenvalue weighted by atomic mass is 19.4. The SMILES string of the molecule is CC(C)C(N)CNC(=O)c1ccc(C(F)(F)F)cc1. The summed E-state index contributed by atoms with van der Waals surface area (Å²) in [5, 5.41) is 2.59. The number of rotatable bonds is 4. The van der Waals surface area contributed by atoms with Crippen LogP contribution in [0.2, 0.25) is 0 Å². The topological polar surface area (TPSA) is 55.1 Å². The zero-order chi connectivity index (χ0) is 14.6. The summed E-state index contributed by atoms with van der Waals surface area (Å²) in [5.41, 5.74) is 5.17. The minimum absolute atomic E-state index is 0.182. The van der Waals surface area contributed by atoms with Crippen molar-refractivity contribution >= 4 is 5.91 Å². The summed E-state index contributed by atoms with van der Waals surface area (Å²) in [6.07, 6.45) is -4.39. The Hall–Kier alpha value is -1.56. The summed E-state index contributed by atoms with van der Waals surface area (Å²) < 4.78 is 37.0. The van der Waals surface area contributed by atoms with E-state index in [1.54, 1.807) is 0 Å². The zero-order valence-corrected chi connectivity index (χ0v) is 10.8. The highest BCUT2D eigenvalue weighted by molar-refractivity contribution is 5.94. The van der Waals surface area contributed by atoms with Crippen molar-refractivity contribution in [1.29, 1.82) is 0 Å². The Labute approximate surface area is 110 Å². The minimum atomic E-state index is -4.39. The predicted molar refractivity (Wildman–Crippen MR) is 66.6 cm³/mol. The largest absolute Gasteiger partial charge is 0.416 e. The van der Waals surface area contributed by atoms with Crippen LogP contribution in [-0.2, 0) is 6.18 Å². The quantitative estimate of drug-likeness (QED) is 0.886. The molecule has 3 N–H and O–H groups in total. The molecule has 0 saturated heterocycles. The lowest BCUT2D eigenvalue weighted by Gasteiger charge is -2.16. The van der Waals surface area contributed by atoms with E-state index in [1.165, 1.54) is 0 Å². The van der Waals surface area contributed by atoms with Crippen LogP contribution in [0.1, 0.15) is 29.8 Å². The fourth-order valence-corrected chi connectivity index (χ4v) is 1.36. The van der Waals surface area contributed by atoms with Crippen LogP contribution >= 0.6 is 0 Å².